The van der Waals surface area contributed by atoms with Gasteiger partial charge in [-0.15, -0.1) is 0 Å². The first-order valence-corrected chi connectivity index (χ1v) is 10.2. The number of likely N-dealkylation sites (N-methyl/N-ethyl adjacent to an activating group) is 1. The lowest BCUT2D eigenvalue weighted by Crippen LogP contribution is -2.44. The van der Waals surface area contributed by atoms with Crippen molar-refractivity contribution in [3.05, 3.63) is 95.8 Å². The Balaban J connectivity index is 1.57. The topological polar surface area (TPSA) is 62.3 Å². The van der Waals surface area contributed by atoms with Crippen molar-refractivity contribution in [1.82, 2.24) is 10.3 Å². The molecule has 4 rings (SSSR count). The maximum absolute atomic E-state index is 13.5. The van der Waals surface area contributed by atoms with Crippen LogP contribution in [0.5, 0.6) is 0 Å². The fourth-order valence-electron chi connectivity index (χ4n) is 4.29. The third kappa shape index (κ3) is 3.83. The summed E-state index contributed by atoms with van der Waals surface area (Å²) in [5.74, 6) is -0.150. The Labute approximate surface area is 176 Å². The maximum Gasteiger partial charge on any atom is 0.238 e. The van der Waals surface area contributed by atoms with Crippen LogP contribution in [0.15, 0.2) is 79.1 Å². The number of fused-ring (bicyclic) bond motifs is 1. The van der Waals surface area contributed by atoms with E-state index in [1.165, 1.54) is 0 Å². The lowest BCUT2D eigenvalue weighted by molar-refractivity contribution is -0.129. The van der Waals surface area contributed by atoms with E-state index in [0.29, 0.717) is 19.4 Å². The van der Waals surface area contributed by atoms with Crippen molar-refractivity contribution in [2.75, 3.05) is 18.5 Å². The van der Waals surface area contributed by atoms with E-state index in [1.807, 2.05) is 66.7 Å². The second-order valence-electron chi connectivity index (χ2n) is 7.76. The van der Waals surface area contributed by atoms with Crippen LogP contribution in [0.3, 0.4) is 0 Å². The Morgan fingerprint density at radius 2 is 1.73 bits per heavy atom. The highest BCUT2D eigenvalue weighted by Gasteiger charge is 2.50. The number of pyridine rings is 1. The monoisotopic (exact) mass is 399 g/mol. The van der Waals surface area contributed by atoms with Crippen LogP contribution in [-0.2, 0) is 27.8 Å². The first-order chi connectivity index (χ1) is 14.6. The molecule has 2 amide bonds. The fourth-order valence-corrected chi connectivity index (χ4v) is 4.29. The van der Waals surface area contributed by atoms with Crippen molar-refractivity contribution in [2.45, 2.75) is 24.7 Å². The molecule has 1 aliphatic heterocycles. The Kier molecular flexibility index (Phi) is 5.61. The summed E-state index contributed by atoms with van der Waals surface area (Å²) in [6, 6.07) is 21.6. The van der Waals surface area contributed by atoms with Crippen molar-refractivity contribution in [3.8, 4) is 0 Å². The van der Waals surface area contributed by atoms with Crippen LogP contribution in [0, 0.1) is 0 Å². The van der Waals surface area contributed by atoms with E-state index >= 15 is 0 Å². The number of hydrogen-bond donors (Lipinski definition) is 1. The van der Waals surface area contributed by atoms with Crippen molar-refractivity contribution in [3.63, 3.8) is 0 Å². The van der Waals surface area contributed by atoms with Gasteiger partial charge in [0.1, 0.15) is 0 Å². The summed E-state index contributed by atoms with van der Waals surface area (Å²) in [7, 11) is 1.79. The highest BCUT2D eigenvalue weighted by Crippen LogP contribution is 2.45. The molecule has 5 heteroatoms. The summed E-state index contributed by atoms with van der Waals surface area (Å²) in [5, 5.41) is 3.00. The molecule has 0 spiro atoms. The van der Waals surface area contributed by atoms with E-state index in [9.17, 15) is 9.59 Å². The first-order valence-electron chi connectivity index (χ1n) is 10.2. The van der Waals surface area contributed by atoms with E-state index in [-0.39, 0.29) is 18.2 Å². The number of nitrogens with one attached hydrogen (secondary N) is 1. The first kappa shape index (κ1) is 19.8. The molecular weight excluding hydrogens is 374 g/mol. The zero-order valence-electron chi connectivity index (χ0n) is 17.0. The molecule has 3 aromatic rings. The van der Waals surface area contributed by atoms with Gasteiger partial charge >= 0.3 is 0 Å². The number of carbonyl (C=O) groups is 2. The molecule has 0 unspecified atom stereocenters. The summed E-state index contributed by atoms with van der Waals surface area (Å²) in [5.41, 5.74) is 3.01. The summed E-state index contributed by atoms with van der Waals surface area (Å²) >= 11 is 0. The minimum Gasteiger partial charge on any atom is -0.356 e. The van der Waals surface area contributed by atoms with Gasteiger partial charge < -0.3 is 10.2 Å². The molecule has 1 aliphatic rings. The van der Waals surface area contributed by atoms with Gasteiger partial charge in [0, 0.05) is 38.1 Å². The molecule has 1 aromatic heterocycles. The number of para-hydroxylation sites is 1. The Bertz CT molecular complexity index is 1040. The van der Waals surface area contributed by atoms with Gasteiger partial charge in [-0.3, -0.25) is 14.6 Å². The van der Waals surface area contributed by atoms with E-state index in [0.717, 1.165) is 22.4 Å². The van der Waals surface area contributed by atoms with Crippen molar-refractivity contribution in [1.29, 1.82) is 0 Å². The number of benzene rings is 2. The minimum absolute atomic E-state index is 0.0324. The third-order valence-corrected chi connectivity index (χ3v) is 5.76. The minimum atomic E-state index is -0.898. The molecule has 0 saturated heterocycles. The second-order valence-corrected chi connectivity index (χ2v) is 7.76. The molecule has 5 nitrogen and oxygen atoms in total. The van der Waals surface area contributed by atoms with Crippen molar-refractivity contribution in [2.24, 2.45) is 0 Å². The van der Waals surface area contributed by atoms with Gasteiger partial charge in [-0.2, -0.15) is 0 Å². The average molecular weight is 399 g/mol. The van der Waals surface area contributed by atoms with Crippen LogP contribution in [0.25, 0.3) is 0 Å². The average Bonchev–Trinajstić information content (AvgIpc) is 2.97. The predicted molar refractivity (Wildman–Crippen MR) is 117 cm³/mol. The van der Waals surface area contributed by atoms with Crippen LogP contribution in [0.2, 0.25) is 0 Å². The normalized spacial score (nSPS) is 17.6. The van der Waals surface area contributed by atoms with Crippen LogP contribution >= 0.6 is 0 Å². The van der Waals surface area contributed by atoms with Crippen molar-refractivity contribution >= 4 is 17.5 Å². The van der Waals surface area contributed by atoms with E-state index < -0.39 is 5.41 Å². The number of rotatable bonds is 7. The number of nitrogens with zero attached hydrogens (tertiary/aromatic N) is 2. The van der Waals surface area contributed by atoms with Crippen LogP contribution in [0.1, 0.15) is 23.1 Å². The Hall–Kier alpha value is -3.47. The number of anilines is 1. The maximum atomic E-state index is 13.5. The molecule has 1 N–H and O–H groups in total. The van der Waals surface area contributed by atoms with Gasteiger partial charge in [0.2, 0.25) is 11.8 Å². The number of amides is 2. The summed E-state index contributed by atoms with van der Waals surface area (Å²) in [4.78, 5) is 32.2. The van der Waals surface area contributed by atoms with Gasteiger partial charge in [-0.1, -0.05) is 54.6 Å². The van der Waals surface area contributed by atoms with Crippen LogP contribution < -0.4 is 10.2 Å². The summed E-state index contributed by atoms with van der Waals surface area (Å²) in [6.07, 6.45) is 4.85. The van der Waals surface area contributed by atoms with E-state index in [4.69, 9.17) is 0 Å². The molecule has 0 bridgehead atoms. The quantitative estimate of drug-likeness (QED) is 0.663. The van der Waals surface area contributed by atoms with Crippen molar-refractivity contribution < 1.29 is 9.59 Å². The summed E-state index contributed by atoms with van der Waals surface area (Å²) < 4.78 is 0. The molecule has 0 fully saturated rings. The summed E-state index contributed by atoms with van der Waals surface area (Å²) in [6.45, 7) is 0.512. The fraction of sp³-hybridized carbons (Fsp3) is 0.240. The molecule has 0 saturated carbocycles. The molecule has 2 heterocycles. The largest absolute Gasteiger partial charge is 0.356 e. The van der Waals surface area contributed by atoms with Gasteiger partial charge in [-0.25, -0.2) is 0 Å². The molecular formula is C25H25N3O2. The van der Waals surface area contributed by atoms with E-state index in [1.54, 1.807) is 24.3 Å². The Morgan fingerprint density at radius 1 is 1.00 bits per heavy atom. The number of hydrogen-bond acceptors (Lipinski definition) is 3. The predicted octanol–water partition coefficient (Wildman–Crippen LogP) is 3.29. The Morgan fingerprint density at radius 3 is 2.50 bits per heavy atom. The van der Waals surface area contributed by atoms with Gasteiger partial charge in [0.05, 0.1) is 5.41 Å². The van der Waals surface area contributed by atoms with Gasteiger partial charge in [-0.05, 0) is 41.7 Å². The highest BCUT2D eigenvalue weighted by molar-refractivity contribution is 6.09. The van der Waals surface area contributed by atoms with Crippen LogP contribution in [-0.4, -0.2) is 30.4 Å². The second kappa shape index (κ2) is 8.49. The molecule has 1 atom stereocenters. The molecule has 152 valence electrons. The van der Waals surface area contributed by atoms with Gasteiger partial charge in [0.25, 0.3) is 0 Å². The zero-order chi connectivity index (χ0) is 21.0. The number of aromatic nitrogens is 1. The number of carbonyl (C=O) groups excluding carboxylic acids is 2. The lowest BCUT2D eigenvalue weighted by Gasteiger charge is -2.28. The standard InChI is InChI=1S/C25H25N3O2/c1-28-22-12-6-5-11-21(22)25(24(28)30,16-19-8-3-2-4-9-19)17-23(29)27-15-13-20-10-7-14-26-18-20/h2-12,14,18H,13,15-17H2,1H3,(H,27,29)/t25-/m0/s1. The zero-order valence-corrected chi connectivity index (χ0v) is 17.0. The SMILES string of the molecule is CN1C(=O)[C@](CC(=O)NCCc2cccnc2)(Cc2ccccc2)c2ccccc21. The smallest absolute Gasteiger partial charge is 0.238 e. The lowest BCUT2D eigenvalue weighted by atomic mass is 9.73. The highest BCUT2D eigenvalue weighted by atomic mass is 16.2. The third-order valence-electron chi connectivity index (χ3n) is 5.76. The van der Waals surface area contributed by atoms with Gasteiger partial charge in [0.15, 0.2) is 0 Å². The van der Waals surface area contributed by atoms with E-state index in [2.05, 4.69) is 10.3 Å². The molecule has 30 heavy (non-hydrogen) atoms. The molecule has 0 radical (unpaired) electrons. The van der Waals surface area contributed by atoms with Crippen LogP contribution in [0.4, 0.5) is 5.69 Å². The molecule has 2 aromatic carbocycles. The molecule has 0 aliphatic carbocycles.